The van der Waals surface area contributed by atoms with Crippen molar-refractivity contribution in [2.45, 2.75) is 50.9 Å². The van der Waals surface area contributed by atoms with Crippen LogP contribution in [0.3, 0.4) is 0 Å². The number of thiophene rings is 1. The van der Waals surface area contributed by atoms with Crippen molar-refractivity contribution in [3.8, 4) is 10.4 Å². The highest BCUT2D eigenvalue weighted by molar-refractivity contribution is 7.13. The van der Waals surface area contributed by atoms with Crippen molar-refractivity contribution in [1.82, 2.24) is 4.90 Å². The average Bonchev–Trinajstić information content (AvgIpc) is 3.45. The summed E-state index contributed by atoms with van der Waals surface area (Å²) in [5.74, 6) is 0.124. The molecule has 182 valence electrons. The fourth-order valence-electron chi connectivity index (χ4n) is 4.88. The number of amides is 1. The topological polar surface area (TPSA) is 81.9 Å². The second-order valence-electron chi connectivity index (χ2n) is 9.03. The minimum absolute atomic E-state index is 0.101. The van der Waals surface area contributed by atoms with Gasteiger partial charge in [0.1, 0.15) is 0 Å². The molecule has 2 aromatic rings. The highest BCUT2D eigenvalue weighted by Gasteiger charge is 2.45. The van der Waals surface area contributed by atoms with Crippen molar-refractivity contribution >= 4 is 23.0 Å². The standard InChI is InChI=1S/C27H34N2O4S/c28-26(31)11-7-2-1-6-10-22-24(17-23(30)27(22)29-12-14-32-15-13-29)33-18-20-16-25(34-19-20)21-8-4-3-5-9-21/h1,3-6,8-9,16,19,22,24,27H,2,7,10-15,17-18H2,(H2,28,31)/t22-,24-,27+/m1/s1. The molecule has 1 saturated carbocycles. The molecule has 0 bridgehead atoms. The van der Waals surface area contributed by atoms with E-state index in [1.165, 1.54) is 10.4 Å². The van der Waals surface area contributed by atoms with Gasteiger partial charge >= 0.3 is 0 Å². The Labute approximate surface area is 205 Å². The molecule has 1 aromatic carbocycles. The van der Waals surface area contributed by atoms with E-state index >= 15 is 0 Å². The molecule has 1 amide bonds. The minimum atomic E-state index is -0.264. The third-order valence-electron chi connectivity index (χ3n) is 6.60. The van der Waals surface area contributed by atoms with E-state index in [9.17, 15) is 9.59 Å². The van der Waals surface area contributed by atoms with Gasteiger partial charge in [-0.2, -0.15) is 0 Å². The summed E-state index contributed by atoms with van der Waals surface area (Å²) in [6.45, 7) is 3.42. The number of ether oxygens (including phenoxy) is 2. The third kappa shape index (κ3) is 6.63. The van der Waals surface area contributed by atoms with Crippen LogP contribution in [0.1, 0.15) is 37.7 Å². The molecule has 0 spiro atoms. The highest BCUT2D eigenvalue weighted by Crippen LogP contribution is 2.35. The first-order valence-electron chi connectivity index (χ1n) is 12.1. The second kappa shape index (κ2) is 12.4. The van der Waals surface area contributed by atoms with Crippen molar-refractivity contribution in [2.24, 2.45) is 11.7 Å². The van der Waals surface area contributed by atoms with E-state index in [1.54, 1.807) is 11.3 Å². The number of allylic oxidation sites excluding steroid dienone is 2. The number of nitrogens with zero attached hydrogens (tertiary/aromatic N) is 1. The molecule has 2 aliphatic rings. The lowest BCUT2D eigenvalue weighted by atomic mass is 9.95. The maximum atomic E-state index is 13.1. The normalized spacial score (nSPS) is 23.6. The molecular weight excluding hydrogens is 448 g/mol. The molecule has 1 saturated heterocycles. The maximum absolute atomic E-state index is 13.1. The Kier molecular flexibility index (Phi) is 9.04. The van der Waals surface area contributed by atoms with Gasteiger partial charge in [-0.3, -0.25) is 14.5 Å². The minimum Gasteiger partial charge on any atom is -0.379 e. The Bertz CT molecular complexity index is 968. The number of nitrogens with two attached hydrogens (primary N) is 1. The fourth-order valence-corrected chi connectivity index (χ4v) is 5.79. The number of rotatable bonds is 11. The van der Waals surface area contributed by atoms with Gasteiger partial charge in [-0.25, -0.2) is 0 Å². The molecule has 2 N–H and O–H groups in total. The van der Waals surface area contributed by atoms with E-state index in [0.29, 0.717) is 32.7 Å². The number of carbonyl (C=O) groups is 2. The SMILES string of the molecule is NC(=O)CCCC=CC[C@H]1[C@H](N2CCOCC2)C(=O)C[C@H]1OCc1csc(-c2ccccc2)c1. The van der Waals surface area contributed by atoms with Crippen molar-refractivity contribution in [3.05, 3.63) is 59.5 Å². The monoisotopic (exact) mass is 482 g/mol. The highest BCUT2D eigenvalue weighted by atomic mass is 32.1. The van der Waals surface area contributed by atoms with E-state index in [4.69, 9.17) is 15.2 Å². The van der Waals surface area contributed by atoms with Gasteiger partial charge in [0.05, 0.1) is 32.0 Å². The summed E-state index contributed by atoms with van der Waals surface area (Å²) in [5.41, 5.74) is 7.58. The summed E-state index contributed by atoms with van der Waals surface area (Å²) in [5, 5.41) is 2.15. The first kappa shape index (κ1) is 24.8. The molecule has 34 heavy (non-hydrogen) atoms. The van der Waals surface area contributed by atoms with Gasteiger partial charge in [-0.1, -0.05) is 42.5 Å². The predicted molar refractivity (Wildman–Crippen MR) is 134 cm³/mol. The van der Waals surface area contributed by atoms with E-state index in [1.807, 2.05) is 18.2 Å². The van der Waals surface area contributed by atoms with Crippen molar-refractivity contribution in [1.29, 1.82) is 0 Å². The van der Waals surface area contributed by atoms with Crippen molar-refractivity contribution < 1.29 is 19.1 Å². The van der Waals surface area contributed by atoms with Crippen LogP contribution in [0.2, 0.25) is 0 Å². The van der Waals surface area contributed by atoms with Gasteiger partial charge in [-0.15, -0.1) is 11.3 Å². The zero-order valence-electron chi connectivity index (χ0n) is 19.6. The zero-order chi connectivity index (χ0) is 23.8. The number of carbonyl (C=O) groups excluding carboxylic acids is 2. The van der Waals surface area contributed by atoms with Crippen LogP contribution >= 0.6 is 11.3 Å². The summed E-state index contributed by atoms with van der Waals surface area (Å²) >= 11 is 1.72. The predicted octanol–water partition coefficient (Wildman–Crippen LogP) is 4.19. The molecule has 3 atom stereocenters. The fraction of sp³-hybridized carbons (Fsp3) is 0.481. The summed E-state index contributed by atoms with van der Waals surface area (Å²) < 4.78 is 11.9. The lowest BCUT2D eigenvalue weighted by Crippen LogP contribution is -2.49. The van der Waals surface area contributed by atoms with Gasteiger partial charge < -0.3 is 15.2 Å². The van der Waals surface area contributed by atoms with Gasteiger partial charge in [-0.05, 0) is 41.8 Å². The van der Waals surface area contributed by atoms with E-state index in [-0.39, 0.29) is 29.8 Å². The summed E-state index contributed by atoms with van der Waals surface area (Å²) in [6.07, 6.45) is 7.36. The molecule has 7 heteroatoms. The second-order valence-corrected chi connectivity index (χ2v) is 9.94. The number of hydrogen-bond acceptors (Lipinski definition) is 6. The van der Waals surface area contributed by atoms with Crippen molar-refractivity contribution in [2.75, 3.05) is 26.3 Å². The molecule has 1 aliphatic heterocycles. The van der Waals surface area contributed by atoms with Crippen LogP contribution in [0.15, 0.2) is 53.9 Å². The zero-order valence-corrected chi connectivity index (χ0v) is 20.4. The van der Waals surface area contributed by atoms with Crippen LogP contribution in [-0.4, -0.2) is 55.0 Å². The quantitative estimate of drug-likeness (QED) is 0.384. The van der Waals surface area contributed by atoms with Gasteiger partial charge in [0.25, 0.3) is 0 Å². The van der Waals surface area contributed by atoms with Crippen LogP contribution in [0.4, 0.5) is 0 Å². The largest absolute Gasteiger partial charge is 0.379 e. The van der Waals surface area contributed by atoms with Crippen LogP contribution in [0.25, 0.3) is 10.4 Å². The maximum Gasteiger partial charge on any atom is 0.217 e. The third-order valence-corrected chi connectivity index (χ3v) is 7.63. The average molecular weight is 483 g/mol. The number of benzene rings is 1. The van der Waals surface area contributed by atoms with Gasteiger partial charge in [0.2, 0.25) is 5.91 Å². The summed E-state index contributed by atoms with van der Waals surface area (Å²) in [4.78, 5) is 27.5. The molecule has 2 fully saturated rings. The van der Waals surface area contributed by atoms with E-state index in [2.05, 4.69) is 40.6 Å². The van der Waals surface area contributed by atoms with Crippen LogP contribution in [0.5, 0.6) is 0 Å². The number of unbranched alkanes of at least 4 members (excludes halogenated alkanes) is 1. The Hall–Kier alpha value is -2.32. The van der Waals surface area contributed by atoms with Crippen LogP contribution < -0.4 is 5.73 Å². The Balaban J connectivity index is 1.39. The van der Waals surface area contributed by atoms with Crippen LogP contribution in [-0.2, 0) is 25.7 Å². The lowest BCUT2D eigenvalue weighted by Gasteiger charge is -2.35. The van der Waals surface area contributed by atoms with Gasteiger partial charge in [0, 0.05) is 36.7 Å². The smallest absolute Gasteiger partial charge is 0.217 e. The van der Waals surface area contributed by atoms with Gasteiger partial charge in [0.15, 0.2) is 5.78 Å². The number of hydrogen-bond donors (Lipinski definition) is 1. The van der Waals surface area contributed by atoms with Crippen molar-refractivity contribution in [3.63, 3.8) is 0 Å². The number of Topliss-reactive ketones (excluding diaryl/α,β-unsaturated/α-hetero) is 1. The van der Waals surface area contributed by atoms with E-state index < -0.39 is 0 Å². The number of morpholine rings is 1. The van der Waals surface area contributed by atoms with E-state index in [0.717, 1.165) is 37.9 Å². The molecule has 1 aliphatic carbocycles. The summed E-state index contributed by atoms with van der Waals surface area (Å²) in [6, 6.07) is 12.4. The molecule has 0 radical (unpaired) electrons. The Morgan fingerprint density at radius 2 is 2.00 bits per heavy atom. The molecule has 2 heterocycles. The van der Waals surface area contributed by atoms with Crippen LogP contribution in [0, 0.1) is 5.92 Å². The first-order valence-corrected chi connectivity index (χ1v) is 13.0. The Morgan fingerprint density at radius 3 is 2.76 bits per heavy atom. The Morgan fingerprint density at radius 1 is 1.21 bits per heavy atom. The molecule has 0 unspecified atom stereocenters. The molecule has 6 nitrogen and oxygen atoms in total. The first-order chi connectivity index (χ1) is 16.6. The molecule has 1 aromatic heterocycles. The number of primary amides is 1. The lowest BCUT2D eigenvalue weighted by molar-refractivity contribution is -0.124. The number of ketones is 1. The molecule has 4 rings (SSSR count). The molecular formula is C27H34N2O4S. The summed E-state index contributed by atoms with van der Waals surface area (Å²) in [7, 11) is 0.